The number of ketones is 1. The van der Waals surface area contributed by atoms with Gasteiger partial charge in [-0.1, -0.05) is 19.9 Å². The van der Waals surface area contributed by atoms with Crippen molar-refractivity contribution in [2.24, 2.45) is 5.92 Å². The van der Waals surface area contributed by atoms with Crippen molar-refractivity contribution in [1.82, 2.24) is 0 Å². The number of phenolic OH excluding ortho intramolecular Hbond substituents is 2. The molecule has 1 aromatic carbocycles. The van der Waals surface area contributed by atoms with Crippen LogP contribution in [0, 0.1) is 5.92 Å². The summed E-state index contributed by atoms with van der Waals surface area (Å²) in [5, 5.41) is 27.9. The van der Waals surface area contributed by atoms with Crippen LogP contribution in [0.15, 0.2) is 18.2 Å². The normalized spacial score (nSPS) is 12.8. The first kappa shape index (κ1) is 12.5. The summed E-state index contributed by atoms with van der Waals surface area (Å²) in [6.45, 7) is 3.44. The van der Waals surface area contributed by atoms with Crippen LogP contribution in [0.1, 0.15) is 19.4 Å². The first-order valence-corrected chi connectivity index (χ1v) is 5.14. The minimum Gasteiger partial charge on any atom is -0.504 e. The van der Waals surface area contributed by atoms with Crippen LogP contribution >= 0.6 is 0 Å². The topological polar surface area (TPSA) is 77.8 Å². The number of hydrogen-bond acceptors (Lipinski definition) is 4. The molecular formula is C12H16O4. The fraction of sp³-hybridized carbons (Fsp3) is 0.417. The molecule has 1 rings (SSSR count). The Morgan fingerprint density at radius 2 is 1.88 bits per heavy atom. The maximum atomic E-state index is 11.4. The van der Waals surface area contributed by atoms with Crippen molar-refractivity contribution in [3.63, 3.8) is 0 Å². The number of hydrogen-bond donors (Lipinski definition) is 3. The van der Waals surface area contributed by atoms with Crippen LogP contribution in [-0.4, -0.2) is 27.2 Å². The molecular weight excluding hydrogens is 208 g/mol. The fourth-order valence-electron chi connectivity index (χ4n) is 1.40. The molecule has 4 nitrogen and oxygen atoms in total. The molecule has 1 aromatic rings. The highest BCUT2D eigenvalue weighted by Crippen LogP contribution is 2.25. The van der Waals surface area contributed by atoms with E-state index >= 15 is 0 Å². The van der Waals surface area contributed by atoms with Crippen LogP contribution in [0.25, 0.3) is 0 Å². The first-order chi connectivity index (χ1) is 7.41. The second kappa shape index (κ2) is 4.99. The molecule has 0 unspecified atom stereocenters. The van der Waals surface area contributed by atoms with Gasteiger partial charge in [0.25, 0.3) is 0 Å². The smallest absolute Gasteiger partial charge is 0.164 e. The van der Waals surface area contributed by atoms with Crippen LogP contribution in [0.5, 0.6) is 11.5 Å². The highest BCUT2D eigenvalue weighted by molar-refractivity contribution is 5.84. The van der Waals surface area contributed by atoms with E-state index in [0.717, 1.165) is 0 Å². The van der Waals surface area contributed by atoms with Gasteiger partial charge in [0.1, 0.15) is 6.10 Å². The first-order valence-electron chi connectivity index (χ1n) is 5.14. The molecule has 0 heterocycles. The lowest BCUT2D eigenvalue weighted by atomic mass is 9.98. The average Bonchev–Trinajstić information content (AvgIpc) is 2.22. The Labute approximate surface area is 94.2 Å². The molecule has 4 heteroatoms. The molecule has 16 heavy (non-hydrogen) atoms. The molecule has 0 bridgehead atoms. The SMILES string of the molecule is CC(C)C(=O)[C@@H](O)Cc1ccc(O)c(O)c1. The van der Waals surface area contributed by atoms with Crippen molar-refractivity contribution in [2.45, 2.75) is 26.4 Å². The lowest BCUT2D eigenvalue weighted by Crippen LogP contribution is -2.27. The van der Waals surface area contributed by atoms with Gasteiger partial charge in [0.15, 0.2) is 17.3 Å². The van der Waals surface area contributed by atoms with E-state index in [4.69, 9.17) is 5.11 Å². The maximum absolute atomic E-state index is 11.4. The number of aliphatic hydroxyl groups excluding tert-OH is 1. The fourth-order valence-corrected chi connectivity index (χ4v) is 1.40. The number of phenols is 2. The lowest BCUT2D eigenvalue weighted by molar-refractivity contribution is -0.130. The molecule has 0 aromatic heterocycles. The van der Waals surface area contributed by atoms with Crippen molar-refractivity contribution >= 4 is 5.78 Å². The van der Waals surface area contributed by atoms with E-state index < -0.39 is 6.10 Å². The van der Waals surface area contributed by atoms with Crippen molar-refractivity contribution in [3.8, 4) is 11.5 Å². The Morgan fingerprint density at radius 1 is 1.25 bits per heavy atom. The number of rotatable bonds is 4. The third kappa shape index (κ3) is 2.97. The number of aromatic hydroxyl groups is 2. The summed E-state index contributed by atoms with van der Waals surface area (Å²) >= 11 is 0. The monoisotopic (exact) mass is 224 g/mol. The third-order valence-corrected chi connectivity index (χ3v) is 2.37. The third-order valence-electron chi connectivity index (χ3n) is 2.37. The number of Topliss-reactive ketones (excluding diaryl/α,β-unsaturated/α-hetero) is 1. The van der Waals surface area contributed by atoms with Crippen LogP contribution < -0.4 is 0 Å². The van der Waals surface area contributed by atoms with E-state index in [1.165, 1.54) is 12.1 Å². The second-order valence-corrected chi connectivity index (χ2v) is 4.10. The van der Waals surface area contributed by atoms with Crippen molar-refractivity contribution < 1.29 is 20.1 Å². The Kier molecular flexibility index (Phi) is 3.90. The summed E-state index contributed by atoms with van der Waals surface area (Å²) in [4.78, 5) is 11.4. The van der Waals surface area contributed by atoms with Gasteiger partial charge in [-0.05, 0) is 17.7 Å². The number of carbonyl (C=O) groups excluding carboxylic acids is 1. The van der Waals surface area contributed by atoms with Gasteiger partial charge in [0, 0.05) is 12.3 Å². The average molecular weight is 224 g/mol. The van der Waals surface area contributed by atoms with E-state index in [-0.39, 0.29) is 29.6 Å². The summed E-state index contributed by atoms with van der Waals surface area (Å²) in [5.74, 6) is -0.914. The van der Waals surface area contributed by atoms with Crippen molar-refractivity contribution in [1.29, 1.82) is 0 Å². The minimum absolute atomic E-state index is 0.144. The zero-order valence-corrected chi connectivity index (χ0v) is 9.34. The van der Waals surface area contributed by atoms with Crippen LogP contribution in [0.3, 0.4) is 0 Å². The molecule has 0 aliphatic carbocycles. The molecule has 0 saturated carbocycles. The maximum Gasteiger partial charge on any atom is 0.164 e. The van der Waals surface area contributed by atoms with E-state index in [1.54, 1.807) is 19.9 Å². The largest absolute Gasteiger partial charge is 0.504 e. The molecule has 0 saturated heterocycles. The number of aliphatic hydroxyl groups is 1. The molecule has 0 aliphatic heterocycles. The molecule has 0 fully saturated rings. The van der Waals surface area contributed by atoms with Crippen LogP contribution in [0.4, 0.5) is 0 Å². The Morgan fingerprint density at radius 3 is 2.38 bits per heavy atom. The Hall–Kier alpha value is -1.55. The standard InChI is InChI=1S/C12H16O4/c1-7(2)12(16)11(15)6-8-3-4-9(13)10(14)5-8/h3-5,7,11,13-15H,6H2,1-2H3/t11-/m0/s1. The summed E-state index contributed by atoms with van der Waals surface area (Å²) in [6.07, 6.45) is -0.922. The predicted octanol–water partition coefficient (Wildman–Crippen LogP) is 1.23. The predicted molar refractivity (Wildman–Crippen MR) is 59.3 cm³/mol. The summed E-state index contributed by atoms with van der Waals surface area (Å²) in [6, 6.07) is 4.23. The van der Waals surface area contributed by atoms with Gasteiger partial charge in [-0.3, -0.25) is 4.79 Å². The molecule has 0 amide bonds. The molecule has 0 aliphatic rings. The highest BCUT2D eigenvalue weighted by atomic mass is 16.3. The van der Waals surface area contributed by atoms with Crippen LogP contribution in [-0.2, 0) is 11.2 Å². The minimum atomic E-state index is -1.07. The second-order valence-electron chi connectivity index (χ2n) is 4.10. The molecule has 3 N–H and O–H groups in total. The molecule has 88 valence electrons. The van der Waals surface area contributed by atoms with Gasteiger partial charge in [-0.15, -0.1) is 0 Å². The van der Waals surface area contributed by atoms with Gasteiger partial charge in [-0.2, -0.15) is 0 Å². The number of benzene rings is 1. The van der Waals surface area contributed by atoms with Crippen molar-refractivity contribution in [3.05, 3.63) is 23.8 Å². The molecule has 0 radical (unpaired) electrons. The van der Waals surface area contributed by atoms with Gasteiger partial charge in [0.05, 0.1) is 0 Å². The highest BCUT2D eigenvalue weighted by Gasteiger charge is 2.18. The van der Waals surface area contributed by atoms with E-state index in [0.29, 0.717) is 5.56 Å². The zero-order chi connectivity index (χ0) is 12.3. The summed E-state index contributed by atoms with van der Waals surface area (Å²) in [5.41, 5.74) is 0.608. The lowest BCUT2D eigenvalue weighted by Gasteiger charge is -2.12. The Bertz CT molecular complexity index is 385. The van der Waals surface area contributed by atoms with E-state index in [2.05, 4.69) is 0 Å². The number of carbonyl (C=O) groups is 1. The Balaban J connectivity index is 2.73. The van der Waals surface area contributed by atoms with Crippen molar-refractivity contribution in [2.75, 3.05) is 0 Å². The molecule has 1 atom stereocenters. The van der Waals surface area contributed by atoms with E-state index in [9.17, 15) is 15.0 Å². The quantitative estimate of drug-likeness (QED) is 0.672. The van der Waals surface area contributed by atoms with E-state index in [1.807, 2.05) is 0 Å². The summed E-state index contributed by atoms with van der Waals surface area (Å²) in [7, 11) is 0. The van der Waals surface area contributed by atoms with Gasteiger partial charge in [0.2, 0.25) is 0 Å². The van der Waals surface area contributed by atoms with Gasteiger partial charge < -0.3 is 15.3 Å². The zero-order valence-electron chi connectivity index (χ0n) is 9.34. The van der Waals surface area contributed by atoms with Gasteiger partial charge >= 0.3 is 0 Å². The van der Waals surface area contributed by atoms with Crippen LogP contribution in [0.2, 0.25) is 0 Å². The van der Waals surface area contributed by atoms with Gasteiger partial charge in [-0.25, -0.2) is 0 Å². The molecule has 0 spiro atoms. The summed E-state index contributed by atoms with van der Waals surface area (Å²) < 4.78 is 0.